The maximum Gasteiger partial charge on any atom is 0.129 e. The number of aromatic hydroxyl groups is 1. The van der Waals surface area contributed by atoms with E-state index in [9.17, 15) is 5.11 Å². The van der Waals surface area contributed by atoms with Crippen molar-refractivity contribution < 1.29 is 5.11 Å². The zero-order chi connectivity index (χ0) is 13.7. The van der Waals surface area contributed by atoms with Gasteiger partial charge in [-0.2, -0.15) is 0 Å². The molecule has 1 saturated heterocycles. The van der Waals surface area contributed by atoms with Crippen molar-refractivity contribution in [3.63, 3.8) is 0 Å². The molecule has 0 spiro atoms. The standard InChI is InChI=1S/C15H23BrN2O/c1-2-18-7-5-12(6-8-18)10-17-11-13-3-4-15(19)14(16)9-13/h3-4,9,12,17,19H,2,5-8,10-11H2,1H3. The lowest BCUT2D eigenvalue weighted by molar-refractivity contribution is 0.190. The third-order valence-corrected chi connectivity index (χ3v) is 4.56. The summed E-state index contributed by atoms with van der Waals surface area (Å²) in [6, 6.07) is 5.68. The molecule has 2 rings (SSSR count). The number of piperidine rings is 1. The first kappa shape index (κ1) is 14.8. The first-order valence-corrected chi connectivity index (χ1v) is 7.88. The number of halogens is 1. The Morgan fingerprint density at radius 1 is 1.37 bits per heavy atom. The van der Waals surface area contributed by atoms with Crippen LogP contribution in [-0.2, 0) is 6.54 Å². The minimum Gasteiger partial charge on any atom is -0.507 e. The fourth-order valence-corrected chi connectivity index (χ4v) is 3.01. The number of nitrogens with zero attached hydrogens (tertiary/aromatic N) is 1. The molecule has 0 aliphatic carbocycles. The predicted octanol–water partition coefficient (Wildman–Crippen LogP) is 2.98. The Bertz CT molecular complexity index is 403. The highest BCUT2D eigenvalue weighted by Gasteiger charge is 2.17. The van der Waals surface area contributed by atoms with Gasteiger partial charge in [-0.15, -0.1) is 0 Å². The highest BCUT2D eigenvalue weighted by molar-refractivity contribution is 9.10. The fourth-order valence-electron chi connectivity index (χ4n) is 2.59. The molecule has 1 heterocycles. The van der Waals surface area contributed by atoms with Gasteiger partial charge in [0.2, 0.25) is 0 Å². The van der Waals surface area contributed by atoms with E-state index in [1.165, 1.54) is 38.0 Å². The molecule has 0 unspecified atom stereocenters. The molecule has 19 heavy (non-hydrogen) atoms. The van der Waals surface area contributed by atoms with E-state index in [1.54, 1.807) is 6.07 Å². The maximum absolute atomic E-state index is 9.45. The van der Waals surface area contributed by atoms with Gasteiger partial charge in [-0.05, 0) is 78.6 Å². The summed E-state index contributed by atoms with van der Waals surface area (Å²) in [4.78, 5) is 2.52. The number of nitrogens with one attached hydrogen (secondary N) is 1. The molecule has 106 valence electrons. The maximum atomic E-state index is 9.45. The van der Waals surface area contributed by atoms with Gasteiger partial charge in [-0.3, -0.25) is 0 Å². The van der Waals surface area contributed by atoms with Gasteiger partial charge in [0.25, 0.3) is 0 Å². The summed E-state index contributed by atoms with van der Waals surface area (Å²) in [5.74, 6) is 1.11. The van der Waals surface area contributed by atoms with Gasteiger partial charge in [0.1, 0.15) is 5.75 Å². The Morgan fingerprint density at radius 3 is 2.74 bits per heavy atom. The Kier molecular flexibility index (Phi) is 5.67. The lowest BCUT2D eigenvalue weighted by atomic mass is 9.97. The van der Waals surface area contributed by atoms with Gasteiger partial charge >= 0.3 is 0 Å². The van der Waals surface area contributed by atoms with Gasteiger partial charge < -0.3 is 15.3 Å². The van der Waals surface area contributed by atoms with Crippen molar-refractivity contribution in [3.05, 3.63) is 28.2 Å². The highest BCUT2D eigenvalue weighted by Crippen LogP contribution is 2.24. The van der Waals surface area contributed by atoms with Crippen molar-refractivity contribution in [1.82, 2.24) is 10.2 Å². The van der Waals surface area contributed by atoms with Crippen LogP contribution in [-0.4, -0.2) is 36.2 Å². The first-order valence-electron chi connectivity index (χ1n) is 7.09. The molecule has 1 aliphatic rings. The lowest BCUT2D eigenvalue weighted by Gasteiger charge is -2.31. The molecule has 0 saturated carbocycles. The number of rotatable bonds is 5. The van der Waals surface area contributed by atoms with E-state index >= 15 is 0 Å². The topological polar surface area (TPSA) is 35.5 Å². The van der Waals surface area contributed by atoms with Crippen LogP contribution in [0.25, 0.3) is 0 Å². The summed E-state index contributed by atoms with van der Waals surface area (Å²) in [5.41, 5.74) is 1.20. The van der Waals surface area contributed by atoms with Crippen LogP contribution < -0.4 is 5.32 Å². The van der Waals surface area contributed by atoms with Gasteiger partial charge in [0.05, 0.1) is 4.47 Å². The van der Waals surface area contributed by atoms with Crippen molar-refractivity contribution in [1.29, 1.82) is 0 Å². The summed E-state index contributed by atoms with van der Waals surface area (Å²) < 4.78 is 0.767. The number of hydrogen-bond donors (Lipinski definition) is 2. The predicted molar refractivity (Wildman–Crippen MR) is 82.4 cm³/mol. The number of likely N-dealkylation sites (tertiary alicyclic amines) is 1. The normalized spacial score (nSPS) is 17.8. The van der Waals surface area contributed by atoms with E-state index in [-0.39, 0.29) is 0 Å². The lowest BCUT2D eigenvalue weighted by Crippen LogP contribution is -2.36. The minimum atomic E-state index is 0.302. The van der Waals surface area contributed by atoms with Crippen LogP contribution in [0.15, 0.2) is 22.7 Å². The van der Waals surface area contributed by atoms with E-state index < -0.39 is 0 Å². The molecule has 0 amide bonds. The second kappa shape index (κ2) is 7.27. The van der Waals surface area contributed by atoms with Crippen molar-refractivity contribution >= 4 is 15.9 Å². The van der Waals surface area contributed by atoms with Crippen molar-refractivity contribution in [2.75, 3.05) is 26.2 Å². The summed E-state index contributed by atoms with van der Waals surface area (Å²) in [6.45, 7) is 7.87. The number of hydrogen-bond acceptors (Lipinski definition) is 3. The second-order valence-corrected chi connectivity index (χ2v) is 6.15. The van der Waals surface area contributed by atoms with Gasteiger partial charge in [-0.1, -0.05) is 13.0 Å². The van der Waals surface area contributed by atoms with E-state index in [4.69, 9.17) is 0 Å². The average Bonchev–Trinajstić information content (AvgIpc) is 2.43. The molecule has 0 bridgehead atoms. The SMILES string of the molecule is CCN1CCC(CNCc2ccc(O)c(Br)c2)CC1. The molecule has 4 heteroatoms. The molecule has 1 aromatic rings. The molecule has 2 N–H and O–H groups in total. The largest absolute Gasteiger partial charge is 0.507 e. The van der Waals surface area contributed by atoms with Crippen molar-refractivity contribution in [2.45, 2.75) is 26.3 Å². The molecule has 1 aromatic carbocycles. The second-order valence-electron chi connectivity index (χ2n) is 5.29. The van der Waals surface area contributed by atoms with Gasteiger partial charge in [0, 0.05) is 6.54 Å². The number of phenolic OH excluding ortho intramolecular Hbond substituents is 1. The zero-order valence-electron chi connectivity index (χ0n) is 11.5. The van der Waals surface area contributed by atoms with Crippen molar-refractivity contribution in [2.24, 2.45) is 5.92 Å². The molecular formula is C15H23BrN2O. The smallest absolute Gasteiger partial charge is 0.129 e. The molecule has 1 aliphatic heterocycles. The fraction of sp³-hybridized carbons (Fsp3) is 0.600. The van der Waals surface area contributed by atoms with Crippen LogP contribution in [0.2, 0.25) is 0 Å². The highest BCUT2D eigenvalue weighted by atomic mass is 79.9. The quantitative estimate of drug-likeness (QED) is 0.873. The number of phenols is 1. The van der Waals surface area contributed by atoms with Crippen LogP contribution in [0.1, 0.15) is 25.3 Å². The van der Waals surface area contributed by atoms with Crippen LogP contribution in [0.4, 0.5) is 0 Å². The van der Waals surface area contributed by atoms with E-state index in [0.717, 1.165) is 23.5 Å². The Labute approximate surface area is 124 Å². The van der Waals surface area contributed by atoms with Crippen LogP contribution >= 0.6 is 15.9 Å². The van der Waals surface area contributed by atoms with Crippen LogP contribution in [0.3, 0.4) is 0 Å². The monoisotopic (exact) mass is 326 g/mol. The zero-order valence-corrected chi connectivity index (χ0v) is 13.1. The van der Waals surface area contributed by atoms with Gasteiger partial charge in [0.15, 0.2) is 0 Å². The third-order valence-electron chi connectivity index (χ3n) is 3.93. The third kappa shape index (κ3) is 4.48. The molecule has 1 fully saturated rings. The summed E-state index contributed by atoms with van der Waals surface area (Å²) in [6.07, 6.45) is 2.61. The van der Waals surface area contributed by atoms with Crippen molar-refractivity contribution in [3.8, 4) is 5.75 Å². The van der Waals surface area contributed by atoms with Crippen LogP contribution in [0.5, 0.6) is 5.75 Å². The molecule has 0 radical (unpaired) electrons. The Hall–Kier alpha value is -0.580. The summed E-state index contributed by atoms with van der Waals surface area (Å²) in [7, 11) is 0. The van der Waals surface area contributed by atoms with E-state index in [1.807, 2.05) is 12.1 Å². The minimum absolute atomic E-state index is 0.302. The van der Waals surface area contributed by atoms with Gasteiger partial charge in [-0.25, -0.2) is 0 Å². The summed E-state index contributed by atoms with van der Waals surface area (Å²) in [5, 5.41) is 13.0. The Morgan fingerprint density at radius 2 is 2.11 bits per heavy atom. The average molecular weight is 327 g/mol. The Balaban J connectivity index is 1.70. The molecular weight excluding hydrogens is 304 g/mol. The molecule has 3 nitrogen and oxygen atoms in total. The van der Waals surface area contributed by atoms with Crippen LogP contribution in [0, 0.1) is 5.92 Å². The van der Waals surface area contributed by atoms with E-state index in [0.29, 0.717) is 5.75 Å². The first-order chi connectivity index (χ1) is 9.19. The van der Waals surface area contributed by atoms with E-state index in [2.05, 4.69) is 33.1 Å². The molecule has 0 aromatic heterocycles. The summed E-state index contributed by atoms with van der Waals surface area (Å²) >= 11 is 3.35. The number of benzene rings is 1. The molecule has 0 atom stereocenters.